The van der Waals surface area contributed by atoms with Crippen LogP contribution in [0.15, 0.2) is 24.3 Å². The third-order valence-electron chi connectivity index (χ3n) is 2.80. The van der Waals surface area contributed by atoms with Gasteiger partial charge in [0.15, 0.2) is 5.82 Å². The molecule has 2 aromatic rings. The molecule has 19 heavy (non-hydrogen) atoms. The number of halogens is 2. The third-order valence-corrected chi connectivity index (χ3v) is 2.97. The largest absolute Gasteiger partial charge is 0.394 e. The maximum Gasteiger partial charge on any atom is 0.224 e. The topological polar surface area (TPSA) is 55.0 Å². The van der Waals surface area contributed by atoms with Crippen molar-refractivity contribution in [3.63, 3.8) is 0 Å². The first-order chi connectivity index (χ1) is 9.02. The van der Waals surface area contributed by atoms with Crippen molar-refractivity contribution in [3.8, 4) is 0 Å². The number of nitrogen functional groups attached to an aromatic ring is 1. The molecule has 1 aromatic heterocycles. The van der Waals surface area contributed by atoms with Gasteiger partial charge in [0.25, 0.3) is 0 Å². The monoisotopic (exact) mass is 280 g/mol. The molecule has 0 bridgehead atoms. The molecule has 1 heterocycles. The van der Waals surface area contributed by atoms with Gasteiger partial charge in [-0.1, -0.05) is 0 Å². The highest BCUT2D eigenvalue weighted by Crippen LogP contribution is 2.30. The van der Waals surface area contributed by atoms with E-state index in [1.165, 1.54) is 12.1 Å². The molecule has 2 N–H and O–H groups in total. The van der Waals surface area contributed by atoms with Gasteiger partial charge in [0.05, 0.1) is 11.4 Å². The second-order valence-electron chi connectivity index (χ2n) is 4.04. The number of hydrogen-bond acceptors (Lipinski definition) is 4. The minimum absolute atomic E-state index is 0.141. The van der Waals surface area contributed by atoms with E-state index in [0.717, 1.165) is 5.69 Å². The van der Waals surface area contributed by atoms with Gasteiger partial charge in [-0.05, 0) is 49.7 Å². The SMILES string of the molecule is CCN(c1ccc(F)cc1)c1nc(Cl)nc(C)c1N. The second kappa shape index (κ2) is 5.40. The Morgan fingerprint density at radius 2 is 1.89 bits per heavy atom. The molecule has 100 valence electrons. The highest BCUT2D eigenvalue weighted by molar-refractivity contribution is 6.28. The van der Waals surface area contributed by atoms with Crippen molar-refractivity contribution in [2.75, 3.05) is 17.2 Å². The van der Waals surface area contributed by atoms with Crippen LogP contribution in [0.5, 0.6) is 0 Å². The molecule has 4 nitrogen and oxygen atoms in total. The molecule has 0 fully saturated rings. The van der Waals surface area contributed by atoms with E-state index in [1.54, 1.807) is 19.1 Å². The first kappa shape index (κ1) is 13.5. The van der Waals surface area contributed by atoms with Crippen molar-refractivity contribution >= 4 is 28.8 Å². The van der Waals surface area contributed by atoms with Crippen molar-refractivity contribution < 1.29 is 4.39 Å². The molecule has 0 radical (unpaired) electrons. The summed E-state index contributed by atoms with van der Waals surface area (Å²) >= 11 is 5.87. The lowest BCUT2D eigenvalue weighted by Gasteiger charge is -2.24. The number of nitrogens with two attached hydrogens (primary N) is 1. The van der Waals surface area contributed by atoms with Crippen LogP contribution < -0.4 is 10.6 Å². The molecule has 6 heteroatoms. The van der Waals surface area contributed by atoms with E-state index in [9.17, 15) is 4.39 Å². The first-order valence-corrected chi connectivity index (χ1v) is 6.23. The van der Waals surface area contributed by atoms with Crippen LogP contribution in [0.2, 0.25) is 5.28 Å². The van der Waals surface area contributed by atoms with Crippen LogP contribution >= 0.6 is 11.6 Å². The fourth-order valence-electron chi connectivity index (χ4n) is 1.81. The Bertz CT molecular complexity index is 586. The summed E-state index contributed by atoms with van der Waals surface area (Å²) in [6.07, 6.45) is 0. The smallest absolute Gasteiger partial charge is 0.224 e. The van der Waals surface area contributed by atoms with Crippen molar-refractivity contribution in [2.45, 2.75) is 13.8 Å². The minimum Gasteiger partial charge on any atom is -0.394 e. The molecule has 0 aliphatic heterocycles. The van der Waals surface area contributed by atoms with Crippen molar-refractivity contribution in [2.24, 2.45) is 0 Å². The summed E-state index contributed by atoms with van der Waals surface area (Å²) in [5, 5.41) is 0.141. The molecule has 0 aliphatic rings. The molecular weight excluding hydrogens is 267 g/mol. The Morgan fingerprint density at radius 1 is 1.26 bits per heavy atom. The van der Waals surface area contributed by atoms with Crippen molar-refractivity contribution in [1.29, 1.82) is 0 Å². The molecule has 0 amide bonds. The average Bonchev–Trinajstić information content (AvgIpc) is 2.38. The molecule has 0 unspecified atom stereocenters. The van der Waals surface area contributed by atoms with Crippen molar-refractivity contribution in [3.05, 3.63) is 41.1 Å². The summed E-state index contributed by atoms with van der Waals surface area (Å²) in [6.45, 7) is 4.35. The average molecular weight is 281 g/mol. The predicted octanol–water partition coefficient (Wildman–Crippen LogP) is 3.32. The summed E-state index contributed by atoms with van der Waals surface area (Å²) in [6, 6.07) is 6.13. The Labute approximate surface area is 116 Å². The minimum atomic E-state index is -0.287. The van der Waals surface area contributed by atoms with Gasteiger partial charge in [-0.15, -0.1) is 0 Å². The van der Waals surface area contributed by atoms with E-state index >= 15 is 0 Å². The lowest BCUT2D eigenvalue weighted by molar-refractivity contribution is 0.628. The summed E-state index contributed by atoms with van der Waals surface area (Å²) < 4.78 is 13.0. The highest BCUT2D eigenvalue weighted by atomic mass is 35.5. The quantitative estimate of drug-likeness (QED) is 0.877. The summed E-state index contributed by atoms with van der Waals surface area (Å²) in [7, 11) is 0. The highest BCUT2D eigenvalue weighted by Gasteiger charge is 2.15. The summed E-state index contributed by atoms with van der Waals surface area (Å²) in [4.78, 5) is 10.0. The Morgan fingerprint density at radius 3 is 2.47 bits per heavy atom. The van der Waals surface area contributed by atoms with Crippen LogP contribution in [0.25, 0.3) is 0 Å². The third kappa shape index (κ3) is 2.76. The maximum atomic E-state index is 13.0. The zero-order valence-electron chi connectivity index (χ0n) is 10.7. The number of nitrogens with zero attached hydrogens (tertiary/aromatic N) is 3. The lowest BCUT2D eigenvalue weighted by Crippen LogP contribution is -2.20. The van der Waals surface area contributed by atoms with Crippen LogP contribution in [0, 0.1) is 12.7 Å². The van der Waals surface area contributed by atoms with Gasteiger partial charge in [0.1, 0.15) is 5.82 Å². The fourth-order valence-corrected chi connectivity index (χ4v) is 2.02. The zero-order chi connectivity index (χ0) is 14.0. The van der Waals surface area contributed by atoms with Gasteiger partial charge in [-0.3, -0.25) is 0 Å². The van der Waals surface area contributed by atoms with Gasteiger partial charge in [-0.2, -0.15) is 4.98 Å². The number of aromatic nitrogens is 2. The number of rotatable bonds is 3. The number of hydrogen-bond donors (Lipinski definition) is 1. The summed E-state index contributed by atoms with van der Waals surface area (Å²) in [5.41, 5.74) is 7.88. The van der Waals surface area contributed by atoms with Crippen LogP contribution in [0.4, 0.5) is 21.6 Å². The standard InChI is InChI=1S/C13H14ClFN4/c1-3-19(10-6-4-9(15)5-7-10)12-11(16)8(2)17-13(14)18-12/h4-7H,3,16H2,1-2H3. The van der Waals surface area contributed by atoms with Crippen molar-refractivity contribution in [1.82, 2.24) is 9.97 Å². The molecular formula is C13H14ClFN4. The Balaban J connectivity index is 2.50. The zero-order valence-corrected chi connectivity index (χ0v) is 11.4. The Kier molecular flexibility index (Phi) is 3.85. The number of aryl methyl sites for hydroxylation is 1. The van der Waals surface area contributed by atoms with Crippen LogP contribution in [-0.2, 0) is 0 Å². The molecule has 0 atom stereocenters. The predicted molar refractivity (Wildman–Crippen MR) is 75.3 cm³/mol. The van der Waals surface area contributed by atoms with Gasteiger partial charge < -0.3 is 10.6 Å². The van der Waals surface area contributed by atoms with Crippen LogP contribution in [-0.4, -0.2) is 16.5 Å². The molecule has 2 rings (SSSR count). The second-order valence-corrected chi connectivity index (χ2v) is 4.37. The van der Waals surface area contributed by atoms with E-state index < -0.39 is 0 Å². The van der Waals surface area contributed by atoms with Gasteiger partial charge in [-0.25, -0.2) is 9.37 Å². The van der Waals surface area contributed by atoms with E-state index in [1.807, 2.05) is 11.8 Å². The lowest BCUT2D eigenvalue weighted by atomic mass is 10.2. The van der Waals surface area contributed by atoms with E-state index in [0.29, 0.717) is 23.7 Å². The van der Waals surface area contributed by atoms with E-state index in [-0.39, 0.29) is 11.1 Å². The van der Waals surface area contributed by atoms with E-state index in [2.05, 4.69) is 9.97 Å². The maximum absolute atomic E-state index is 13.0. The van der Waals surface area contributed by atoms with Crippen LogP contribution in [0.3, 0.4) is 0 Å². The molecule has 0 saturated heterocycles. The van der Waals surface area contributed by atoms with Crippen LogP contribution in [0.1, 0.15) is 12.6 Å². The van der Waals surface area contributed by atoms with Gasteiger partial charge >= 0.3 is 0 Å². The fraction of sp³-hybridized carbons (Fsp3) is 0.231. The number of benzene rings is 1. The molecule has 1 aromatic carbocycles. The normalized spacial score (nSPS) is 10.5. The number of anilines is 3. The van der Waals surface area contributed by atoms with Gasteiger partial charge in [0.2, 0.25) is 5.28 Å². The first-order valence-electron chi connectivity index (χ1n) is 5.85. The molecule has 0 aliphatic carbocycles. The van der Waals surface area contributed by atoms with Gasteiger partial charge in [0, 0.05) is 12.2 Å². The summed E-state index contributed by atoms with van der Waals surface area (Å²) in [5.74, 6) is 0.247. The molecule has 0 saturated carbocycles. The Hall–Kier alpha value is -1.88. The van der Waals surface area contributed by atoms with E-state index in [4.69, 9.17) is 17.3 Å². The molecule has 0 spiro atoms.